The van der Waals surface area contributed by atoms with Crippen LogP contribution in [0.15, 0.2) is 44.2 Å². The van der Waals surface area contributed by atoms with Crippen LogP contribution in [-0.2, 0) is 0 Å². The second kappa shape index (κ2) is 6.36. The summed E-state index contributed by atoms with van der Waals surface area (Å²) >= 11 is 3.51. The van der Waals surface area contributed by atoms with Crippen molar-refractivity contribution >= 4 is 39.7 Å². The average molecular weight is 363 g/mol. The number of halogens is 1. The molecule has 1 aliphatic heterocycles. The summed E-state index contributed by atoms with van der Waals surface area (Å²) in [5.74, 6) is 0.502. The normalized spacial score (nSPS) is 14.9. The molecule has 0 radical (unpaired) electrons. The molecule has 1 saturated heterocycles. The Hall–Kier alpha value is -2.08. The fourth-order valence-corrected chi connectivity index (χ4v) is 2.99. The first-order valence-electron chi connectivity index (χ1n) is 7.05. The second-order valence-electron chi connectivity index (χ2n) is 5.11. The van der Waals surface area contributed by atoms with E-state index in [1.807, 2.05) is 6.07 Å². The van der Waals surface area contributed by atoms with Gasteiger partial charge in [0, 0.05) is 19.2 Å². The molecule has 114 valence electrons. The minimum Gasteiger partial charge on any atom is -0.478 e. The Morgan fingerprint density at radius 1 is 1.32 bits per heavy atom. The lowest BCUT2D eigenvalue weighted by Crippen LogP contribution is -2.17. The van der Waals surface area contributed by atoms with E-state index in [2.05, 4.69) is 25.8 Å². The molecule has 1 fully saturated rings. The topological polar surface area (TPSA) is 66.0 Å². The fourth-order valence-electron chi connectivity index (χ4n) is 2.43. The van der Waals surface area contributed by atoms with Gasteiger partial charge in [0.05, 0.1) is 21.9 Å². The predicted molar refractivity (Wildman–Crippen MR) is 88.5 cm³/mol. The van der Waals surface area contributed by atoms with Gasteiger partial charge in [-0.1, -0.05) is 6.07 Å². The lowest BCUT2D eigenvalue weighted by molar-refractivity contribution is 0.0697. The number of benzene rings is 1. The maximum absolute atomic E-state index is 10.9. The molecule has 0 saturated carbocycles. The molecule has 3 rings (SSSR count). The van der Waals surface area contributed by atoms with Crippen molar-refractivity contribution in [2.75, 3.05) is 18.0 Å². The van der Waals surface area contributed by atoms with E-state index in [4.69, 9.17) is 9.52 Å². The van der Waals surface area contributed by atoms with E-state index in [0.29, 0.717) is 11.4 Å². The van der Waals surface area contributed by atoms with Gasteiger partial charge in [-0.2, -0.15) is 0 Å². The Balaban J connectivity index is 1.79. The zero-order chi connectivity index (χ0) is 15.5. The molecule has 0 amide bonds. The lowest BCUT2D eigenvalue weighted by atomic mass is 10.2. The van der Waals surface area contributed by atoms with Crippen LogP contribution in [0.3, 0.4) is 0 Å². The number of carboxylic acid groups (broad SMARTS) is 1. The van der Waals surface area contributed by atoms with E-state index in [-0.39, 0.29) is 5.56 Å². The van der Waals surface area contributed by atoms with Gasteiger partial charge in [0.2, 0.25) is 5.88 Å². The number of aliphatic imine (C=N–C) groups is 1. The first-order valence-corrected chi connectivity index (χ1v) is 7.84. The minimum atomic E-state index is -0.964. The largest absolute Gasteiger partial charge is 0.478 e. The molecule has 6 heteroatoms. The molecule has 22 heavy (non-hydrogen) atoms. The van der Waals surface area contributed by atoms with Crippen molar-refractivity contribution in [2.45, 2.75) is 12.8 Å². The Morgan fingerprint density at radius 3 is 2.82 bits per heavy atom. The van der Waals surface area contributed by atoms with Crippen LogP contribution in [0, 0.1) is 0 Å². The first kappa shape index (κ1) is 14.8. The van der Waals surface area contributed by atoms with Crippen molar-refractivity contribution in [2.24, 2.45) is 4.99 Å². The number of hydrogen-bond donors (Lipinski definition) is 1. The number of nitrogens with zero attached hydrogens (tertiary/aromatic N) is 2. The third-order valence-corrected chi connectivity index (χ3v) is 4.08. The Labute approximate surface area is 136 Å². The summed E-state index contributed by atoms with van der Waals surface area (Å²) in [5.41, 5.74) is 0.795. The highest BCUT2D eigenvalue weighted by Gasteiger charge is 2.19. The maximum atomic E-state index is 10.9. The summed E-state index contributed by atoms with van der Waals surface area (Å²) in [7, 11) is 0. The third-order valence-electron chi connectivity index (χ3n) is 3.52. The second-order valence-corrected chi connectivity index (χ2v) is 5.96. The molecular weight excluding hydrogens is 348 g/mol. The molecule has 0 bridgehead atoms. The fraction of sp³-hybridized carbons (Fsp3) is 0.250. The summed E-state index contributed by atoms with van der Waals surface area (Å²) in [6.07, 6.45) is 3.96. The van der Waals surface area contributed by atoms with Gasteiger partial charge >= 0.3 is 5.97 Å². The van der Waals surface area contributed by atoms with E-state index >= 15 is 0 Å². The Bertz CT molecular complexity index is 718. The lowest BCUT2D eigenvalue weighted by Gasteiger charge is -2.13. The highest BCUT2D eigenvalue weighted by atomic mass is 79.9. The average Bonchev–Trinajstić information content (AvgIpc) is 3.14. The number of carboxylic acids is 1. The van der Waals surface area contributed by atoms with Gasteiger partial charge in [-0.25, -0.2) is 4.79 Å². The van der Waals surface area contributed by atoms with Crippen LogP contribution in [0.5, 0.6) is 0 Å². The number of furan rings is 1. The van der Waals surface area contributed by atoms with Crippen molar-refractivity contribution in [1.82, 2.24) is 0 Å². The van der Waals surface area contributed by atoms with Gasteiger partial charge in [0.1, 0.15) is 5.76 Å². The number of anilines is 1. The molecule has 2 aromatic rings. The van der Waals surface area contributed by atoms with E-state index in [9.17, 15) is 4.79 Å². The highest BCUT2D eigenvalue weighted by molar-refractivity contribution is 9.10. The molecule has 1 aromatic carbocycles. The van der Waals surface area contributed by atoms with Gasteiger partial charge in [-0.05, 0) is 47.0 Å². The van der Waals surface area contributed by atoms with Crippen LogP contribution in [0.4, 0.5) is 11.6 Å². The van der Waals surface area contributed by atoms with Gasteiger partial charge < -0.3 is 14.4 Å². The number of rotatable bonds is 4. The predicted octanol–water partition coefficient (Wildman–Crippen LogP) is 4.09. The molecule has 1 N–H and O–H groups in total. The van der Waals surface area contributed by atoms with Crippen LogP contribution in [0.2, 0.25) is 0 Å². The van der Waals surface area contributed by atoms with Crippen LogP contribution < -0.4 is 4.90 Å². The van der Waals surface area contributed by atoms with Crippen molar-refractivity contribution in [3.05, 3.63) is 46.1 Å². The number of carbonyl (C=O) groups is 1. The molecule has 0 unspecified atom stereocenters. The molecule has 1 aliphatic rings. The summed E-state index contributed by atoms with van der Waals surface area (Å²) in [4.78, 5) is 17.4. The Kier molecular flexibility index (Phi) is 4.29. The van der Waals surface area contributed by atoms with Gasteiger partial charge in [0.25, 0.3) is 0 Å². The van der Waals surface area contributed by atoms with E-state index in [1.54, 1.807) is 18.3 Å². The first-order chi connectivity index (χ1) is 10.6. The molecular formula is C16H15BrN2O3. The summed E-state index contributed by atoms with van der Waals surface area (Å²) in [6, 6.07) is 8.36. The third kappa shape index (κ3) is 3.22. The van der Waals surface area contributed by atoms with Crippen LogP contribution >= 0.6 is 15.9 Å². The van der Waals surface area contributed by atoms with Crippen LogP contribution in [0.25, 0.3) is 0 Å². The monoisotopic (exact) mass is 362 g/mol. The molecule has 0 spiro atoms. The molecule has 5 nitrogen and oxygen atoms in total. The zero-order valence-electron chi connectivity index (χ0n) is 11.8. The van der Waals surface area contributed by atoms with E-state index in [1.165, 1.54) is 25.0 Å². The van der Waals surface area contributed by atoms with Crippen molar-refractivity contribution in [1.29, 1.82) is 0 Å². The van der Waals surface area contributed by atoms with E-state index < -0.39 is 5.97 Å². The standard InChI is InChI=1S/C16H15BrN2O3/c17-14-9-13(22-15(14)19-6-1-2-7-19)10-18-12-5-3-4-11(8-12)16(20)21/h3-5,8-10H,1-2,6-7H2,(H,20,21). The van der Waals surface area contributed by atoms with Crippen molar-refractivity contribution in [3.63, 3.8) is 0 Å². The molecule has 0 aliphatic carbocycles. The van der Waals surface area contributed by atoms with E-state index in [0.717, 1.165) is 23.4 Å². The summed E-state index contributed by atoms with van der Waals surface area (Å²) in [6.45, 7) is 2.01. The summed E-state index contributed by atoms with van der Waals surface area (Å²) in [5, 5.41) is 8.97. The Morgan fingerprint density at radius 2 is 2.09 bits per heavy atom. The van der Waals surface area contributed by atoms with Crippen molar-refractivity contribution < 1.29 is 14.3 Å². The SMILES string of the molecule is O=C(O)c1cccc(N=Cc2cc(Br)c(N3CCCC3)o2)c1. The smallest absolute Gasteiger partial charge is 0.335 e. The number of aromatic carboxylic acids is 1. The molecule has 1 aromatic heterocycles. The van der Waals surface area contributed by atoms with Crippen LogP contribution in [-0.4, -0.2) is 30.4 Å². The van der Waals surface area contributed by atoms with Gasteiger partial charge in [-0.15, -0.1) is 0 Å². The zero-order valence-corrected chi connectivity index (χ0v) is 13.4. The number of hydrogen-bond acceptors (Lipinski definition) is 4. The summed E-state index contributed by atoms with van der Waals surface area (Å²) < 4.78 is 6.72. The quantitative estimate of drug-likeness (QED) is 0.831. The van der Waals surface area contributed by atoms with Crippen LogP contribution in [0.1, 0.15) is 29.0 Å². The van der Waals surface area contributed by atoms with Gasteiger partial charge in [-0.3, -0.25) is 4.99 Å². The van der Waals surface area contributed by atoms with Gasteiger partial charge in [0.15, 0.2) is 0 Å². The highest BCUT2D eigenvalue weighted by Crippen LogP contribution is 2.32. The maximum Gasteiger partial charge on any atom is 0.335 e. The molecule has 0 atom stereocenters. The molecule has 2 heterocycles. The van der Waals surface area contributed by atoms with Crippen molar-refractivity contribution in [3.8, 4) is 0 Å². The minimum absolute atomic E-state index is 0.216.